The lowest BCUT2D eigenvalue weighted by atomic mass is 10.1. The molecule has 10 heteroatoms. The summed E-state index contributed by atoms with van der Waals surface area (Å²) < 4.78 is 29.3. The van der Waals surface area contributed by atoms with Crippen LogP contribution in [0.2, 0.25) is 0 Å². The molecular formula is C20H19N3O4S3. The third kappa shape index (κ3) is 5.55. The average Bonchev–Trinajstić information content (AvgIpc) is 3.15. The van der Waals surface area contributed by atoms with Gasteiger partial charge in [0.1, 0.15) is 5.69 Å². The lowest BCUT2D eigenvalue weighted by Crippen LogP contribution is -2.17. The first kappa shape index (κ1) is 22.2. The Kier molecular flexibility index (Phi) is 7.06. The first-order valence-electron chi connectivity index (χ1n) is 8.71. The number of hydrogen-bond acceptors (Lipinski definition) is 7. The maximum absolute atomic E-state index is 11.5. The van der Waals surface area contributed by atoms with Crippen molar-refractivity contribution >= 4 is 44.4 Å². The molecule has 0 bridgehead atoms. The van der Waals surface area contributed by atoms with Crippen LogP contribution in [0.1, 0.15) is 5.89 Å². The zero-order chi connectivity index (χ0) is 21.7. The summed E-state index contributed by atoms with van der Waals surface area (Å²) in [4.78, 5) is 4.59. The zero-order valence-corrected chi connectivity index (χ0v) is 18.4. The van der Waals surface area contributed by atoms with Crippen LogP contribution in [0.3, 0.4) is 0 Å². The molecule has 0 unspecified atom stereocenters. The van der Waals surface area contributed by atoms with E-state index in [9.17, 15) is 13.6 Å². The zero-order valence-electron chi connectivity index (χ0n) is 15.9. The van der Waals surface area contributed by atoms with E-state index in [1.54, 1.807) is 18.2 Å². The Bertz CT molecular complexity index is 1160. The van der Waals surface area contributed by atoms with Gasteiger partial charge in [-0.25, -0.2) is 23.6 Å². The molecule has 30 heavy (non-hydrogen) atoms. The number of primary sulfonamides is 1. The third-order valence-corrected chi connectivity index (χ3v) is 6.38. The maximum Gasteiger partial charge on any atom is 0.238 e. The molecule has 0 aliphatic heterocycles. The molecule has 3 N–H and O–H groups in total. The molecule has 0 saturated heterocycles. The van der Waals surface area contributed by atoms with Crippen molar-refractivity contribution in [3.8, 4) is 22.6 Å². The highest BCUT2D eigenvalue weighted by atomic mass is 32.2. The highest BCUT2D eigenvalue weighted by Gasteiger charge is 2.17. The number of nitrogens with two attached hydrogens (primary N) is 1. The predicted molar refractivity (Wildman–Crippen MR) is 122 cm³/mol. The summed E-state index contributed by atoms with van der Waals surface area (Å²) >= 11 is 6.31. The smallest absolute Gasteiger partial charge is 0.238 e. The summed E-state index contributed by atoms with van der Waals surface area (Å²) in [5.74, 6) is 1.49. The molecule has 0 fully saturated rings. The minimum Gasteiger partial charge on any atom is -0.436 e. The highest BCUT2D eigenvalue weighted by Crippen LogP contribution is 2.33. The standard InChI is InChI=1S/C20H19N3O4S3/c1-23(24)20(28)29-13-5-8-17-22-18(19(27-17)15-6-3-2-4-7-15)14-9-11-16(12-10-14)30(21,25)26/h2-12,24H,13H2,1H3,(H2,21,25,26). The molecule has 7 nitrogen and oxygen atoms in total. The van der Waals surface area contributed by atoms with Gasteiger partial charge in [0.2, 0.25) is 15.9 Å². The van der Waals surface area contributed by atoms with Gasteiger partial charge in [0.05, 0.1) is 4.90 Å². The van der Waals surface area contributed by atoms with Crippen LogP contribution in [0.5, 0.6) is 0 Å². The summed E-state index contributed by atoms with van der Waals surface area (Å²) in [7, 11) is -2.31. The number of aromatic nitrogens is 1. The number of rotatable bonds is 6. The number of hydroxylamine groups is 2. The van der Waals surface area contributed by atoms with Crippen LogP contribution in [0.15, 0.2) is 70.0 Å². The van der Waals surface area contributed by atoms with Crippen LogP contribution in [0.4, 0.5) is 0 Å². The topological polar surface area (TPSA) is 110 Å². The molecule has 0 saturated carbocycles. The Morgan fingerprint density at radius 2 is 1.87 bits per heavy atom. The van der Waals surface area contributed by atoms with Gasteiger partial charge in [0, 0.05) is 23.9 Å². The summed E-state index contributed by atoms with van der Waals surface area (Å²) in [5.41, 5.74) is 2.12. The summed E-state index contributed by atoms with van der Waals surface area (Å²) in [6.45, 7) is 0. The highest BCUT2D eigenvalue weighted by molar-refractivity contribution is 8.22. The fourth-order valence-corrected chi connectivity index (χ4v) is 3.79. The van der Waals surface area contributed by atoms with Gasteiger partial charge in [-0.15, -0.1) is 0 Å². The number of nitrogens with zero attached hydrogens (tertiary/aromatic N) is 2. The average molecular weight is 462 g/mol. The quantitative estimate of drug-likeness (QED) is 0.419. The number of benzene rings is 2. The minimum absolute atomic E-state index is 0.0259. The minimum atomic E-state index is -3.78. The van der Waals surface area contributed by atoms with Crippen LogP contribution in [0.25, 0.3) is 28.7 Å². The van der Waals surface area contributed by atoms with Gasteiger partial charge in [-0.05, 0) is 18.2 Å². The SMILES string of the molecule is CN(O)C(=S)SCC=Cc1nc(-c2ccc(S(N)(=O)=O)cc2)c(-c2ccccc2)o1. The number of sulfonamides is 1. The van der Waals surface area contributed by atoms with E-state index in [4.69, 9.17) is 21.8 Å². The van der Waals surface area contributed by atoms with E-state index in [0.717, 1.165) is 10.6 Å². The molecule has 3 aromatic rings. The number of thiocarbonyl (C=S) groups is 1. The summed E-state index contributed by atoms with van der Waals surface area (Å²) in [6.07, 6.45) is 3.55. The van der Waals surface area contributed by atoms with E-state index in [-0.39, 0.29) is 4.90 Å². The van der Waals surface area contributed by atoms with Crippen LogP contribution >= 0.6 is 24.0 Å². The number of oxazole rings is 1. The first-order chi connectivity index (χ1) is 14.3. The summed E-state index contributed by atoms with van der Waals surface area (Å²) in [6, 6.07) is 15.7. The molecular weight excluding hydrogens is 442 g/mol. The molecule has 156 valence electrons. The van der Waals surface area contributed by atoms with Crippen LogP contribution < -0.4 is 5.14 Å². The second-order valence-electron chi connectivity index (χ2n) is 6.17. The molecule has 2 aromatic carbocycles. The van der Waals surface area contributed by atoms with Crippen molar-refractivity contribution in [2.45, 2.75) is 4.90 Å². The van der Waals surface area contributed by atoms with Gasteiger partial charge in [0.15, 0.2) is 10.1 Å². The van der Waals surface area contributed by atoms with Crippen molar-refractivity contribution < 1.29 is 18.0 Å². The predicted octanol–water partition coefficient (Wildman–Crippen LogP) is 4.01. The fraction of sp³-hybridized carbons (Fsp3) is 0.100. The van der Waals surface area contributed by atoms with Gasteiger partial charge < -0.3 is 4.42 Å². The molecule has 0 aliphatic rings. The maximum atomic E-state index is 11.5. The largest absolute Gasteiger partial charge is 0.436 e. The lowest BCUT2D eigenvalue weighted by Gasteiger charge is -2.08. The molecule has 3 rings (SSSR count). The molecule has 0 spiro atoms. The molecule has 0 atom stereocenters. The monoisotopic (exact) mass is 461 g/mol. The van der Waals surface area contributed by atoms with Crippen LogP contribution in [-0.2, 0) is 10.0 Å². The number of thioether (sulfide) groups is 1. The second kappa shape index (κ2) is 9.54. The second-order valence-corrected chi connectivity index (χ2v) is 9.38. The Morgan fingerprint density at radius 1 is 1.20 bits per heavy atom. The Labute approximate surface area is 184 Å². The van der Waals surface area contributed by atoms with Crippen molar-refractivity contribution in [3.63, 3.8) is 0 Å². The van der Waals surface area contributed by atoms with Gasteiger partial charge in [-0.1, -0.05) is 72.5 Å². The van der Waals surface area contributed by atoms with Gasteiger partial charge >= 0.3 is 0 Å². The van der Waals surface area contributed by atoms with E-state index < -0.39 is 10.0 Å². The molecule has 0 aliphatic carbocycles. The molecule has 0 amide bonds. The van der Waals surface area contributed by atoms with Crippen molar-refractivity contribution in [3.05, 3.63) is 66.6 Å². The van der Waals surface area contributed by atoms with E-state index in [0.29, 0.717) is 33.0 Å². The fourth-order valence-electron chi connectivity index (χ4n) is 2.55. The summed E-state index contributed by atoms with van der Waals surface area (Å²) in [5, 5.41) is 15.3. The third-order valence-electron chi connectivity index (χ3n) is 3.96. The van der Waals surface area contributed by atoms with Crippen molar-refractivity contribution in [1.29, 1.82) is 0 Å². The van der Waals surface area contributed by atoms with Crippen molar-refractivity contribution in [2.75, 3.05) is 12.8 Å². The first-order valence-corrected chi connectivity index (χ1v) is 11.6. The van der Waals surface area contributed by atoms with Gasteiger partial charge in [0.25, 0.3) is 0 Å². The Hall–Kier alpha value is -2.50. The Morgan fingerprint density at radius 3 is 2.47 bits per heavy atom. The van der Waals surface area contributed by atoms with Crippen LogP contribution in [-0.4, -0.2) is 40.8 Å². The normalized spacial score (nSPS) is 11.7. The van der Waals surface area contributed by atoms with E-state index >= 15 is 0 Å². The van der Waals surface area contributed by atoms with E-state index in [1.165, 1.54) is 30.9 Å². The lowest BCUT2D eigenvalue weighted by molar-refractivity contribution is 0.0205. The van der Waals surface area contributed by atoms with E-state index in [2.05, 4.69) is 4.98 Å². The molecule has 1 aromatic heterocycles. The number of hydrogen-bond donors (Lipinski definition) is 2. The van der Waals surface area contributed by atoms with Crippen molar-refractivity contribution in [2.24, 2.45) is 5.14 Å². The van der Waals surface area contributed by atoms with Crippen LogP contribution in [0, 0.1) is 0 Å². The van der Waals surface area contributed by atoms with Gasteiger partial charge in [-0.2, -0.15) is 0 Å². The van der Waals surface area contributed by atoms with Crippen molar-refractivity contribution in [1.82, 2.24) is 10.0 Å². The van der Waals surface area contributed by atoms with E-state index in [1.807, 2.05) is 36.4 Å². The van der Waals surface area contributed by atoms with Gasteiger partial charge in [-0.3, -0.25) is 5.21 Å². The molecule has 0 radical (unpaired) electrons. The molecule has 1 heterocycles. The Balaban J connectivity index is 1.92.